The standard InChI is InChI=1S/C24H29N3O4/c1-16(2)15-31-19-7-5-6-18(14-19)22(28)20-21(17-8-10-25-11-9-17)27(13-12-26(3)4)24(30)23(20)29/h5-11,14,16,21,28H,12-13,15H2,1-4H3/b22-20-. The summed E-state index contributed by atoms with van der Waals surface area (Å²) >= 11 is 0. The fourth-order valence-electron chi connectivity index (χ4n) is 3.46. The van der Waals surface area contributed by atoms with Crippen LogP contribution in [0.3, 0.4) is 0 Å². The largest absolute Gasteiger partial charge is 0.507 e. The summed E-state index contributed by atoms with van der Waals surface area (Å²) in [6.07, 6.45) is 3.23. The van der Waals surface area contributed by atoms with Gasteiger partial charge in [-0.05, 0) is 49.8 Å². The van der Waals surface area contributed by atoms with Gasteiger partial charge in [-0.3, -0.25) is 14.6 Å². The first-order valence-electron chi connectivity index (χ1n) is 10.4. The Kier molecular flexibility index (Phi) is 7.07. The summed E-state index contributed by atoms with van der Waals surface area (Å²) in [5, 5.41) is 11.1. The maximum Gasteiger partial charge on any atom is 0.295 e. The first-order valence-corrected chi connectivity index (χ1v) is 10.4. The molecular formula is C24H29N3O4. The number of nitrogens with zero attached hydrogens (tertiary/aromatic N) is 3. The van der Waals surface area contributed by atoms with Gasteiger partial charge in [0.25, 0.3) is 11.7 Å². The minimum Gasteiger partial charge on any atom is -0.507 e. The average molecular weight is 424 g/mol. The maximum atomic E-state index is 13.0. The minimum absolute atomic E-state index is 0.0796. The molecule has 1 unspecified atom stereocenters. The first kappa shape index (κ1) is 22.5. The van der Waals surface area contributed by atoms with Crippen LogP contribution in [0, 0.1) is 5.92 Å². The molecule has 2 heterocycles. The Bertz CT molecular complexity index is 970. The summed E-state index contributed by atoms with van der Waals surface area (Å²) in [6, 6.07) is 9.79. The SMILES string of the molecule is CC(C)COc1cccc(/C(O)=C2/C(=O)C(=O)N(CCN(C)C)C2c2ccncc2)c1. The van der Waals surface area contributed by atoms with Crippen LogP contribution in [0.2, 0.25) is 0 Å². The van der Waals surface area contributed by atoms with Gasteiger partial charge in [-0.2, -0.15) is 0 Å². The van der Waals surface area contributed by atoms with Crippen molar-refractivity contribution < 1.29 is 19.4 Å². The summed E-state index contributed by atoms with van der Waals surface area (Å²) in [7, 11) is 3.81. The fraction of sp³-hybridized carbons (Fsp3) is 0.375. The number of rotatable bonds is 8. The van der Waals surface area contributed by atoms with E-state index in [9.17, 15) is 14.7 Å². The number of benzene rings is 1. The molecule has 0 radical (unpaired) electrons. The number of aliphatic hydroxyl groups is 1. The number of carbonyl (C=O) groups is 2. The highest BCUT2D eigenvalue weighted by Crippen LogP contribution is 2.39. The number of aliphatic hydroxyl groups excluding tert-OH is 1. The van der Waals surface area contributed by atoms with Gasteiger partial charge in [0.15, 0.2) is 0 Å². The van der Waals surface area contributed by atoms with Crippen molar-refractivity contribution in [3.63, 3.8) is 0 Å². The molecule has 1 aliphatic rings. The molecule has 1 saturated heterocycles. The number of Topliss-reactive ketones (excluding diaryl/α,β-unsaturated/α-hetero) is 1. The summed E-state index contributed by atoms with van der Waals surface area (Å²) in [5.41, 5.74) is 1.24. The predicted molar refractivity (Wildman–Crippen MR) is 119 cm³/mol. The van der Waals surface area contributed by atoms with Crippen molar-refractivity contribution in [2.45, 2.75) is 19.9 Å². The number of likely N-dealkylation sites (N-methyl/N-ethyl adjacent to an activating group) is 1. The second-order valence-electron chi connectivity index (χ2n) is 8.31. The third-order valence-electron chi connectivity index (χ3n) is 5.04. The van der Waals surface area contributed by atoms with Gasteiger partial charge in [0, 0.05) is 31.0 Å². The number of carbonyl (C=O) groups excluding carboxylic acids is 2. The molecule has 7 nitrogen and oxygen atoms in total. The summed E-state index contributed by atoms with van der Waals surface area (Å²) in [6.45, 7) is 5.59. The molecule has 1 atom stereocenters. The molecule has 2 aromatic rings. The van der Waals surface area contributed by atoms with Crippen LogP contribution < -0.4 is 4.74 Å². The molecule has 0 bridgehead atoms. The van der Waals surface area contributed by atoms with Gasteiger partial charge >= 0.3 is 0 Å². The average Bonchev–Trinajstić information content (AvgIpc) is 3.01. The zero-order valence-corrected chi connectivity index (χ0v) is 18.4. The molecule has 164 valence electrons. The van der Waals surface area contributed by atoms with Gasteiger partial charge in [-0.15, -0.1) is 0 Å². The Morgan fingerprint density at radius 3 is 2.55 bits per heavy atom. The molecule has 1 N–H and O–H groups in total. The van der Waals surface area contributed by atoms with E-state index < -0.39 is 17.7 Å². The Morgan fingerprint density at radius 2 is 1.90 bits per heavy atom. The number of likely N-dealkylation sites (tertiary alicyclic amines) is 1. The lowest BCUT2D eigenvalue weighted by Gasteiger charge is -2.26. The van der Waals surface area contributed by atoms with Crippen LogP contribution in [0.15, 0.2) is 54.4 Å². The lowest BCUT2D eigenvalue weighted by atomic mass is 9.96. The Hall–Kier alpha value is -3.19. The topological polar surface area (TPSA) is 83.0 Å². The highest BCUT2D eigenvalue weighted by atomic mass is 16.5. The van der Waals surface area contributed by atoms with Crippen LogP contribution in [0.1, 0.15) is 31.0 Å². The van der Waals surface area contributed by atoms with Gasteiger partial charge < -0.3 is 19.6 Å². The summed E-state index contributed by atoms with van der Waals surface area (Å²) in [5.74, 6) is -0.558. The molecule has 0 spiro atoms. The minimum atomic E-state index is -0.688. The van der Waals surface area contributed by atoms with E-state index in [0.717, 1.165) is 5.56 Å². The summed E-state index contributed by atoms with van der Waals surface area (Å²) in [4.78, 5) is 33.3. The number of pyridine rings is 1. The number of amides is 1. The molecular weight excluding hydrogens is 394 g/mol. The van der Waals surface area contributed by atoms with Gasteiger partial charge in [-0.25, -0.2) is 0 Å². The van der Waals surface area contributed by atoms with Gasteiger partial charge in [0.1, 0.15) is 11.5 Å². The number of ketones is 1. The lowest BCUT2D eigenvalue weighted by molar-refractivity contribution is -0.140. The van der Waals surface area contributed by atoms with Gasteiger partial charge in [0.2, 0.25) is 0 Å². The zero-order valence-electron chi connectivity index (χ0n) is 18.4. The van der Waals surface area contributed by atoms with E-state index in [0.29, 0.717) is 36.9 Å². The number of aromatic nitrogens is 1. The van der Waals surface area contributed by atoms with E-state index in [2.05, 4.69) is 4.98 Å². The monoisotopic (exact) mass is 423 g/mol. The molecule has 0 aliphatic carbocycles. The van der Waals surface area contributed by atoms with Crippen LogP contribution in [0.25, 0.3) is 5.76 Å². The van der Waals surface area contributed by atoms with Crippen LogP contribution in [0.5, 0.6) is 5.75 Å². The summed E-state index contributed by atoms with van der Waals surface area (Å²) < 4.78 is 5.76. The van der Waals surface area contributed by atoms with E-state index in [4.69, 9.17) is 4.74 Å². The molecule has 0 saturated carbocycles. The molecule has 1 aliphatic heterocycles. The second kappa shape index (κ2) is 9.75. The van der Waals surface area contributed by atoms with Crippen LogP contribution in [-0.2, 0) is 9.59 Å². The van der Waals surface area contributed by atoms with Crippen molar-refractivity contribution in [1.29, 1.82) is 0 Å². The molecule has 1 fully saturated rings. The molecule has 1 aromatic carbocycles. The van der Waals surface area contributed by atoms with Crippen molar-refractivity contribution in [3.8, 4) is 5.75 Å². The molecule has 1 amide bonds. The van der Waals surface area contributed by atoms with E-state index in [-0.39, 0.29) is 11.3 Å². The van der Waals surface area contributed by atoms with Crippen LogP contribution in [0.4, 0.5) is 0 Å². The van der Waals surface area contributed by atoms with Crippen molar-refractivity contribution in [3.05, 3.63) is 65.5 Å². The Morgan fingerprint density at radius 1 is 1.19 bits per heavy atom. The Balaban J connectivity index is 2.05. The number of ether oxygens (including phenoxy) is 1. The zero-order chi connectivity index (χ0) is 22.5. The van der Waals surface area contributed by atoms with Gasteiger partial charge in [-0.1, -0.05) is 26.0 Å². The molecule has 7 heteroatoms. The van der Waals surface area contributed by atoms with E-state index in [1.165, 1.54) is 4.90 Å². The van der Waals surface area contributed by atoms with Crippen molar-refractivity contribution in [1.82, 2.24) is 14.8 Å². The van der Waals surface area contributed by atoms with Crippen molar-refractivity contribution in [2.75, 3.05) is 33.8 Å². The normalized spacial score (nSPS) is 18.3. The van der Waals surface area contributed by atoms with E-state index in [1.807, 2.05) is 32.8 Å². The van der Waals surface area contributed by atoms with E-state index >= 15 is 0 Å². The first-order chi connectivity index (χ1) is 14.8. The quantitative estimate of drug-likeness (QED) is 0.399. The van der Waals surface area contributed by atoms with Gasteiger partial charge in [0.05, 0.1) is 18.2 Å². The van der Waals surface area contributed by atoms with Crippen LogP contribution >= 0.6 is 0 Å². The number of hydrogen-bond donors (Lipinski definition) is 1. The second-order valence-corrected chi connectivity index (χ2v) is 8.31. The molecule has 31 heavy (non-hydrogen) atoms. The third-order valence-corrected chi connectivity index (χ3v) is 5.04. The van der Waals surface area contributed by atoms with Crippen molar-refractivity contribution >= 4 is 17.4 Å². The van der Waals surface area contributed by atoms with Crippen LogP contribution in [-0.4, -0.2) is 65.4 Å². The highest BCUT2D eigenvalue weighted by Gasteiger charge is 2.45. The van der Waals surface area contributed by atoms with E-state index in [1.54, 1.807) is 48.8 Å². The lowest BCUT2D eigenvalue weighted by Crippen LogP contribution is -2.35. The Labute approximate surface area is 183 Å². The number of hydrogen-bond acceptors (Lipinski definition) is 6. The third kappa shape index (κ3) is 5.11. The van der Waals surface area contributed by atoms with Crippen molar-refractivity contribution in [2.24, 2.45) is 5.92 Å². The highest BCUT2D eigenvalue weighted by molar-refractivity contribution is 6.46. The predicted octanol–water partition coefficient (Wildman–Crippen LogP) is 3.10. The fourth-order valence-corrected chi connectivity index (χ4v) is 3.46. The molecule has 1 aromatic heterocycles. The smallest absolute Gasteiger partial charge is 0.295 e. The maximum absolute atomic E-state index is 13.0. The molecule has 3 rings (SSSR count).